The summed E-state index contributed by atoms with van der Waals surface area (Å²) in [6, 6.07) is 4.99. The summed E-state index contributed by atoms with van der Waals surface area (Å²) in [4.78, 5) is 13.0. The fourth-order valence-corrected chi connectivity index (χ4v) is 1.35. The zero-order valence-electron chi connectivity index (χ0n) is 10.4. The standard InChI is InChI=1S/C12H18N2O3/c1-13-11-5-4-9(8-10(11)12(15)16)17-7-6-14(2)3/h4-5,8,13H,6-7H2,1-3H3,(H,15,16). The highest BCUT2D eigenvalue weighted by Crippen LogP contribution is 2.21. The van der Waals surface area contributed by atoms with Crippen LogP contribution in [0.3, 0.4) is 0 Å². The van der Waals surface area contributed by atoms with Crippen molar-refractivity contribution in [3.05, 3.63) is 23.8 Å². The van der Waals surface area contributed by atoms with E-state index in [2.05, 4.69) is 5.32 Å². The van der Waals surface area contributed by atoms with Gasteiger partial charge in [0.25, 0.3) is 0 Å². The lowest BCUT2D eigenvalue weighted by molar-refractivity contribution is 0.0697. The van der Waals surface area contributed by atoms with Crippen molar-refractivity contribution in [3.8, 4) is 5.75 Å². The number of aromatic carboxylic acids is 1. The Morgan fingerprint density at radius 2 is 2.18 bits per heavy atom. The van der Waals surface area contributed by atoms with E-state index in [0.29, 0.717) is 18.0 Å². The Balaban J connectivity index is 2.74. The Morgan fingerprint density at radius 3 is 2.71 bits per heavy atom. The highest BCUT2D eigenvalue weighted by Gasteiger charge is 2.10. The number of anilines is 1. The summed E-state index contributed by atoms with van der Waals surface area (Å²) in [5, 5.41) is 11.9. The summed E-state index contributed by atoms with van der Waals surface area (Å²) in [5.41, 5.74) is 0.798. The van der Waals surface area contributed by atoms with Crippen LogP contribution in [-0.2, 0) is 0 Å². The van der Waals surface area contributed by atoms with E-state index in [4.69, 9.17) is 9.84 Å². The SMILES string of the molecule is CNc1ccc(OCCN(C)C)cc1C(=O)O. The van der Waals surface area contributed by atoms with Crippen LogP contribution >= 0.6 is 0 Å². The van der Waals surface area contributed by atoms with Gasteiger partial charge in [0.1, 0.15) is 12.4 Å². The molecule has 17 heavy (non-hydrogen) atoms. The van der Waals surface area contributed by atoms with Gasteiger partial charge in [0.15, 0.2) is 0 Å². The predicted molar refractivity (Wildman–Crippen MR) is 67.0 cm³/mol. The second-order valence-corrected chi connectivity index (χ2v) is 3.91. The molecule has 0 saturated carbocycles. The maximum Gasteiger partial charge on any atom is 0.337 e. The Kier molecular flexibility index (Phi) is 4.78. The number of hydrogen-bond acceptors (Lipinski definition) is 4. The fourth-order valence-electron chi connectivity index (χ4n) is 1.35. The lowest BCUT2D eigenvalue weighted by atomic mass is 10.1. The second kappa shape index (κ2) is 6.10. The molecule has 0 heterocycles. The second-order valence-electron chi connectivity index (χ2n) is 3.91. The van der Waals surface area contributed by atoms with Gasteiger partial charge in [-0.1, -0.05) is 0 Å². The van der Waals surface area contributed by atoms with Gasteiger partial charge in [-0.05, 0) is 32.3 Å². The van der Waals surface area contributed by atoms with E-state index < -0.39 is 5.97 Å². The van der Waals surface area contributed by atoms with Gasteiger partial charge in [-0.3, -0.25) is 0 Å². The van der Waals surface area contributed by atoms with Crippen molar-refractivity contribution < 1.29 is 14.6 Å². The predicted octanol–water partition coefficient (Wildman–Crippen LogP) is 1.37. The molecular formula is C12H18N2O3. The topological polar surface area (TPSA) is 61.8 Å². The van der Waals surface area contributed by atoms with E-state index in [1.54, 1.807) is 19.2 Å². The van der Waals surface area contributed by atoms with Crippen LogP contribution in [0.5, 0.6) is 5.75 Å². The smallest absolute Gasteiger partial charge is 0.337 e. The molecule has 0 spiro atoms. The number of hydrogen-bond donors (Lipinski definition) is 2. The molecule has 0 aliphatic heterocycles. The molecule has 0 amide bonds. The van der Waals surface area contributed by atoms with Crippen LogP contribution in [0.25, 0.3) is 0 Å². The molecule has 1 rings (SSSR count). The molecule has 0 unspecified atom stereocenters. The van der Waals surface area contributed by atoms with E-state index in [1.807, 2.05) is 19.0 Å². The van der Waals surface area contributed by atoms with Gasteiger partial charge >= 0.3 is 5.97 Å². The monoisotopic (exact) mass is 238 g/mol. The van der Waals surface area contributed by atoms with Crippen LogP contribution < -0.4 is 10.1 Å². The molecule has 0 aromatic heterocycles. The van der Waals surface area contributed by atoms with Crippen molar-refractivity contribution in [2.75, 3.05) is 39.6 Å². The van der Waals surface area contributed by atoms with E-state index in [0.717, 1.165) is 6.54 Å². The van der Waals surface area contributed by atoms with Gasteiger partial charge in [-0.25, -0.2) is 4.79 Å². The van der Waals surface area contributed by atoms with Crippen LogP contribution in [0.1, 0.15) is 10.4 Å². The quantitative estimate of drug-likeness (QED) is 0.783. The first-order valence-corrected chi connectivity index (χ1v) is 5.37. The van der Waals surface area contributed by atoms with Crippen molar-refractivity contribution in [1.82, 2.24) is 4.90 Å². The number of nitrogens with zero attached hydrogens (tertiary/aromatic N) is 1. The van der Waals surface area contributed by atoms with Crippen molar-refractivity contribution in [1.29, 1.82) is 0 Å². The number of ether oxygens (including phenoxy) is 1. The summed E-state index contributed by atoms with van der Waals surface area (Å²) in [6.07, 6.45) is 0. The number of benzene rings is 1. The molecule has 0 atom stereocenters. The Morgan fingerprint density at radius 1 is 1.47 bits per heavy atom. The molecule has 5 heteroatoms. The van der Waals surface area contributed by atoms with Crippen LogP contribution in [0.4, 0.5) is 5.69 Å². The summed E-state index contributed by atoms with van der Waals surface area (Å²) >= 11 is 0. The summed E-state index contributed by atoms with van der Waals surface area (Å²) in [5.74, 6) is -0.393. The van der Waals surface area contributed by atoms with Crippen LogP contribution in [0.15, 0.2) is 18.2 Å². The fraction of sp³-hybridized carbons (Fsp3) is 0.417. The highest BCUT2D eigenvalue weighted by atomic mass is 16.5. The molecule has 1 aromatic carbocycles. The first-order valence-electron chi connectivity index (χ1n) is 5.37. The Bertz CT molecular complexity index is 391. The van der Waals surface area contributed by atoms with E-state index in [1.165, 1.54) is 6.07 Å². The van der Waals surface area contributed by atoms with Gasteiger partial charge in [-0.15, -0.1) is 0 Å². The van der Waals surface area contributed by atoms with E-state index in [9.17, 15) is 4.79 Å². The van der Waals surface area contributed by atoms with Crippen LogP contribution in [0.2, 0.25) is 0 Å². The van der Waals surface area contributed by atoms with Gasteiger partial charge in [0.05, 0.1) is 5.56 Å². The minimum absolute atomic E-state index is 0.217. The molecule has 0 radical (unpaired) electrons. The number of likely N-dealkylation sites (N-methyl/N-ethyl adjacent to an activating group) is 1. The van der Waals surface area contributed by atoms with Crippen molar-refractivity contribution in [2.24, 2.45) is 0 Å². The molecule has 0 fully saturated rings. The lowest BCUT2D eigenvalue weighted by Crippen LogP contribution is -2.19. The van der Waals surface area contributed by atoms with E-state index in [-0.39, 0.29) is 5.56 Å². The van der Waals surface area contributed by atoms with Crippen LogP contribution in [0, 0.1) is 0 Å². The lowest BCUT2D eigenvalue weighted by Gasteiger charge is -2.12. The van der Waals surface area contributed by atoms with Gasteiger partial charge in [-0.2, -0.15) is 0 Å². The number of nitrogens with one attached hydrogen (secondary N) is 1. The number of carboxylic acid groups (broad SMARTS) is 1. The number of carbonyl (C=O) groups is 1. The average molecular weight is 238 g/mol. The van der Waals surface area contributed by atoms with Crippen LogP contribution in [-0.4, -0.2) is 50.3 Å². The average Bonchev–Trinajstić information content (AvgIpc) is 2.28. The zero-order valence-corrected chi connectivity index (χ0v) is 10.4. The third kappa shape index (κ3) is 3.96. The largest absolute Gasteiger partial charge is 0.492 e. The van der Waals surface area contributed by atoms with Gasteiger partial charge in [0.2, 0.25) is 0 Å². The minimum Gasteiger partial charge on any atom is -0.492 e. The molecule has 0 saturated heterocycles. The molecule has 0 aliphatic carbocycles. The first-order chi connectivity index (χ1) is 8.04. The maximum absolute atomic E-state index is 11.0. The first kappa shape index (κ1) is 13.3. The number of rotatable bonds is 6. The summed E-state index contributed by atoms with van der Waals surface area (Å²) in [7, 11) is 5.60. The molecule has 0 bridgehead atoms. The molecular weight excluding hydrogens is 220 g/mol. The third-order valence-corrected chi connectivity index (χ3v) is 2.30. The van der Waals surface area contributed by atoms with Crippen molar-refractivity contribution in [3.63, 3.8) is 0 Å². The van der Waals surface area contributed by atoms with Gasteiger partial charge in [0, 0.05) is 19.3 Å². The summed E-state index contributed by atoms with van der Waals surface area (Å²) in [6.45, 7) is 1.32. The summed E-state index contributed by atoms with van der Waals surface area (Å²) < 4.78 is 5.47. The Hall–Kier alpha value is -1.75. The highest BCUT2D eigenvalue weighted by molar-refractivity contribution is 5.94. The minimum atomic E-state index is -0.965. The normalized spacial score (nSPS) is 10.4. The third-order valence-electron chi connectivity index (χ3n) is 2.30. The van der Waals surface area contributed by atoms with E-state index >= 15 is 0 Å². The zero-order chi connectivity index (χ0) is 12.8. The molecule has 1 aromatic rings. The van der Waals surface area contributed by atoms with Gasteiger partial charge < -0.3 is 20.1 Å². The van der Waals surface area contributed by atoms with Crippen molar-refractivity contribution >= 4 is 11.7 Å². The maximum atomic E-state index is 11.0. The van der Waals surface area contributed by atoms with Crippen molar-refractivity contribution in [2.45, 2.75) is 0 Å². The molecule has 0 aliphatic rings. The molecule has 2 N–H and O–H groups in total. The molecule has 5 nitrogen and oxygen atoms in total. The Labute approximate surface area is 101 Å². The number of carboxylic acids is 1. The molecule has 94 valence electrons.